The summed E-state index contributed by atoms with van der Waals surface area (Å²) in [5.41, 5.74) is 7.11. The maximum absolute atomic E-state index is 12.7. The van der Waals surface area contributed by atoms with Crippen molar-refractivity contribution in [2.45, 2.75) is 33.1 Å². The third kappa shape index (κ3) is 2.67. The van der Waals surface area contributed by atoms with Gasteiger partial charge in [0.2, 0.25) is 0 Å². The average Bonchev–Trinajstić information content (AvgIpc) is 3.02. The van der Waals surface area contributed by atoms with Crippen LogP contribution in [0.25, 0.3) is 10.9 Å². The van der Waals surface area contributed by atoms with Gasteiger partial charge in [-0.15, -0.1) is 0 Å². The first kappa shape index (κ1) is 14.9. The van der Waals surface area contributed by atoms with Crippen molar-refractivity contribution in [1.29, 1.82) is 0 Å². The van der Waals surface area contributed by atoms with Crippen LogP contribution in [0.3, 0.4) is 0 Å². The highest BCUT2D eigenvalue weighted by atomic mass is 16.1. The van der Waals surface area contributed by atoms with Gasteiger partial charge in [-0.25, -0.2) is 0 Å². The van der Waals surface area contributed by atoms with Crippen molar-refractivity contribution in [3.63, 3.8) is 0 Å². The van der Waals surface area contributed by atoms with Gasteiger partial charge in [0.15, 0.2) is 0 Å². The van der Waals surface area contributed by atoms with Crippen molar-refractivity contribution >= 4 is 22.5 Å². The molecule has 120 valence electrons. The summed E-state index contributed by atoms with van der Waals surface area (Å²) in [5.74, 6) is -0.0960. The number of anilines is 1. The Morgan fingerprint density at radius 2 is 1.83 bits per heavy atom. The van der Waals surface area contributed by atoms with Crippen molar-refractivity contribution < 1.29 is 4.79 Å². The zero-order chi connectivity index (χ0) is 16.7. The maximum atomic E-state index is 12.7. The molecule has 3 heteroatoms. The zero-order valence-electron chi connectivity index (χ0n) is 14.0. The van der Waals surface area contributed by atoms with Gasteiger partial charge in [0.1, 0.15) is 0 Å². The van der Waals surface area contributed by atoms with Crippen LogP contribution >= 0.6 is 0 Å². The number of carbonyl (C=O) groups is 1. The van der Waals surface area contributed by atoms with Gasteiger partial charge in [0.25, 0.3) is 5.91 Å². The van der Waals surface area contributed by atoms with E-state index in [1.165, 1.54) is 17.5 Å². The molecule has 1 amide bonds. The second-order valence-electron chi connectivity index (χ2n) is 6.61. The summed E-state index contributed by atoms with van der Waals surface area (Å²) in [5, 5.41) is 4.03. The number of amides is 1. The second-order valence-corrected chi connectivity index (χ2v) is 6.61. The summed E-state index contributed by atoms with van der Waals surface area (Å²) < 4.78 is 0. The van der Waals surface area contributed by atoms with Crippen molar-refractivity contribution in [2.75, 3.05) is 5.32 Å². The summed E-state index contributed by atoms with van der Waals surface area (Å²) in [6, 6.07) is 14.3. The standard InChI is InChI=1S/C21H20N2O/c1-13-6-9-20-17(10-13)12-19(14(2)22-20)21(24)23-18-8-7-15-4-3-5-16(15)11-18/h6-12H,3-5H2,1-2H3,(H,23,24). The lowest BCUT2D eigenvalue weighted by Crippen LogP contribution is -2.14. The van der Waals surface area contributed by atoms with Gasteiger partial charge < -0.3 is 5.32 Å². The number of aromatic nitrogens is 1. The molecular formula is C21H20N2O. The van der Waals surface area contributed by atoms with E-state index in [-0.39, 0.29) is 5.91 Å². The number of pyridine rings is 1. The summed E-state index contributed by atoms with van der Waals surface area (Å²) in [6.45, 7) is 3.93. The number of aryl methyl sites for hydroxylation is 4. The second kappa shape index (κ2) is 5.75. The van der Waals surface area contributed by atoms with Crippen LogP contribution in [0.2, 0.25) is 0 Å². The van der Waals surface area contributed by atoms with E-state index >= 15 is 0 Å². The van der Waals surface area contributed by atoms with E-state index in [9.17, 15) is 4.79 Å². The minimum Gasteiger partial charge on any atom is -0.322 e. The fourth-order valence-electron chi connectivity index (χ4n) is 3.47. The molecule has 0 spiro atoms. The third-order valence-electron chi connectivity index (χ3n) is 4.76. The lowest BCUT2D eigenvalue weighted by Gasteiger charge is -2.10. The molecule has 0 fully saturated rings. The first-order valence-corrected chi connectivity index (χ1v) is 8.41. The Labute approximate surface area is 141 Å². The molecule has 1 aliphatic rings. The van der Waals surface area contributed by atoms with Crippen LogP contribution in [0.5, 0.6) is 0 Å². The third-order valence-corrected chi connectivity index (χ3v) is 4.76. The van der Waals surface area contributed by atoms with Crippen LogP contribution in [0, 0.1) is 13.8 Å². The summed E-state index contributed by atoms with van der Waals surface area (Å²) in [6.07, 6.45) is 3.46. The van der Waals surface area contributed by atoms with E-state index in [2.05, 4.69) is 28.5 Å². The number of benzene rings is 2. The Morgan fingerprint density at radius 1 is 1.00 bits per heavy atom. The number of hydrogen-bond donors (Lipinski definition) is 1. The smallest absolute Gasteiger partial charge is 0.257 e. The predicted molar refractivity (Wildman–Crippen MR) is 97.6 cm³/mol. The van der Waals surface area contributed by atoms with Crippen molar-refractivity contribution in [3.05, 3.63) is 70.4 Å². The number of fused-ring (bicyclic) bond motifs is 2. The molecule has 0 atom stereocenters. The predicted octanol–water partition coefficient (Wildman–Crippen LogP) is 4.59. The highest BCUT2D eigenvalue weighted by molar-refractivity contribution is 6.06. The Bertz CT molecular complexity index is 959. The van der Waals surface area contributed by atoms with Crippen LogP contribution in [-0.2, 0) is 12.8 Å². The molecule has 0 saturated heterocycles. The fraction of sp³-hybridized carbons (Fsp3) is 0.238. The van der Waals surface area contributed by atoms with Crippen LogP contribution in [0.1, 0.15) is 39.2 Å². The van der Waals surface area contributed by atoms with Crippen molar-refractivity contribution in [2.24, 2.45) is 0 Å². The lowest BCUT2D eigenvalue weighted by atomic mass is 10.1. The van der Waals surface area contributed by atoms with Crippen LogP contribution < -0.4 is 5.32 Å². The monoisotopic (exact) mass is 316 g/mol. The quantitative estimate of drug-likeness (QED) is 0.751. The number of carbonyl (C=O) groups excluding carboxylic acids is 1. The minimum absolute atomic E-state index is 0.0960. The molecule has 1 N–H and O–H groups in total. The first-order valence-electron chi connectivity index (χ1n) is 8.41. The minimum atomic E-state index is -0.0960. The Balaban J connectivity index is 1.66. The first-order chi connectivity index (χ1) is 11.6. The molecular weight excluding hydrogens is 296 g/mol. The van der Waals surface area contributed by atoms with Gasteiger partial charge in [-0.05, 0) is 74.6 Å². The number of nitrogens with zero attached hydrogens (tertiary/aromatic N) is 1. The summed E-state index contributed by atoms with van der Waals surface area (Å²) in [4.78, 5) is 17.3. The Hall–Kier alpha value is -2.68. The molecule has 0 aliphatic heterocycles. The average molecular weight is 316 g/mol. The largest absolute Gasteiger partial charge is 0.322 e. The van der Waals surface area contributed by atoms with E-state index in [0.29, 0.717) is 5.56 Å². The summed E-state index contributed by atoms with van der Waals surface area (Å²) >= 11 is 0. The number of nitrogens with one attached hydrogen (secondary N) is 1. The molecule has 4 rings (SSSR count). The van der Waals surface area contributed by atoms with E-state index in [1.54, 1.807) is 0 Å². The van der Waals surface area contributed by atoms with Crippen LogP contribution in [0.4, 0.5) is 5.69 Å². The zero-order valence-corrected chi connectivity index (χ0v) is 14.0. The lowest BCUT2D eigenvalue weighted by molar-refractivity contribution is 0.102. The molecule has 24 heavy (non-hydrogen) atoms. The SMILES string of the molecule is Cc1ccc2nc(C)c(C(=O)Nc3ccc4c(c3)CCC4)cc2c1. The van der Waals surface area contributed by atoms with Gasteiger partial charge in [0, 0.05) is 11.1 Å². The van der Waals surface area contributed by atoms with Crippen molar-refractivity contribution in [3.8, 4) is 0 Å². The Kier molecular flexibility index (Phi) is 3.57. The van der Waals surface area contributed by atoms with E-state index < -0.39 is 0 Å². The van der Waals surface area contributed by atoms with E-state index in [1.807, 2.05) is 38.1 Å². The van der Waals surface area contributed by atoms with Gasteiger partial charge in [-0.2, -0.15) is 0 Å². The van der Waals surface area contributed by atoms with E-state index in [4.69, 9.17) is 0 Å². The Morgan fingerprint density at radius 3 is 2.71 bits per heavy atom. The summed E-state index contributed by atoms with van der Waals surface area (Å²) in [7, 11) is 0. The van der Waals surface area contributed by atoms with Gasteiger partial charge in [0.05, 0.1) is 16.8 Å². The molecule has 2 aromatic carbocycles. The van der Waals surface area contributed by atoms with Crippen molar-refractivity contribution in [1.82, 2.24) is 4.98 Å². The number of hydrogen-bond acceptors (Lipinski definition) is 2. The molecule has 3 nitrogen and oxygen atoms in total. The topological polar surface area (TPSA) is 42.0 Å². The van der Waals surface area contributed by atoms with Crippen LogP contribution in [0.15, 0.2) is 42.5 Å². The van der Waals surface area contributed by atoms with Gasteiger partial charge in [-0.1, -0.05) is 17.7 Å². The molecule has 0 bridgehead atoms. The van der Waals surface area contributed by atoms with E-state index in [0.717, 1.165) is 40.7 Å². The normalized spacial score (nSPS) is 13.1. The molecule has 1 aliphatic carbocycles. The molecule has 0 saturated carbocycles. The van der Waals surface area contributed by atoms with Gasteiger partial charge >= 0.3 is 0 Å². The highest BCUT2D eigenvalue weighted by Crippen LogP contribution is 2.25. The highest BCUT2D eigenvalue weighted by Gasteiger charge is 2.15. The van der Waals surface area contributed by atoms with Gasteiger partial charge in [-0.3, -0.25) is 9.78 Å². The molecule has 0 radical (unpaired) electrons. The van der Waals surface area contributed by atoms with Crippen LogP contribution in [-0.4, -0.2) is 10.9 Å². The molecule has 1 aromatic heterocycles. The molecule has 0 unspecified atom stereocenters. The fourth-order valence-corrected chi connectivity index (χ4v) is 3.47. The molecule has 3 aromatic rings. The number of rotatable bonds is 2. The molecule has 1 heterocycles. The maximum Gasteiger partial charge on any atom is 0.257 e.